The Labute approximate surface area is 170 Å². The summed E-state index contributed by atoms with van der Waals surface area (Å²) in [5.41, 5.74) is 1.91. The van der Waals surface area contributed by atoms with Crippen LogP contribution in [0.2, 0.25) is 0 Å². The molecule has 4 rings (SSSR count). The summed E-state index contributed by atoms with van der Waals surface area (Å²) in [6.07, 6.45) is 3.72. The zero-order valence-electron chi connectivity index (χ0n) is 16.4. The van der Waals surface area contributed by atoms with Gasteiger partial charge in [0.05, 0.1) is 16.1 Å². The van der Waals surface area contributed by atoms with Gasteiger partial charge in [-0.3, -0.25) is 9.59 Å². The van der Waals surface area contributed by atoms with Crippen LogP contribution < -0.4 is 0 Å². The summed E-state index contributed by atoms with van der Waals surface area (Å²) in [4.78, 5) is 34.1. The molecule has 2 aliphatic heterocycles. The van der Waals surface area contributed by atoms with E-state index in [0.717, 1.165) is 43.1 Å². The van der Waals surface area contributed by atoms with Gasteiger partial charge in [-0.25, -0.2) is 4.98 Å². The normalized spacial score (nSPS) is 21.8. The first-order chi connectivity index (χ1) is 13.6. The highest BCUT2D eigenvalue weighted by molar-refractivity contribution is 7.09. The number of benzene rings is 1. The van der Waals surface area contributed by atoms with Crippen molar-refractivity contribution in [1.29, 1.82) is 0 Å². The van der Waals surface area contributed by atoms with Crippen molar-refractivity contribution in [2.24, 2.45) is 5.41 Å². The monoisotopic (exact) mass is 397 g/mol. The molecule has 2 amide bonds. The Morgan fingerprint density at radius 2 is 1.96 bits per heavy atom. The average Bonchev–Trinajstić information content (AvgIpc) is 3.41. The predicted molar refractivity (Wildman–Crippen MR) is 110 cm³/mol. The van der Waals surface area contributed by atoms with Gasteiger partial charge in [0, 0.05) is 38.0 Å². The number of rotatable bonds is 6. The molecule has 2 aliphatic rings. The van der Waals surface area contributed by atoms with Crippen LogP contribution in [0.4, 0.5) is 0 Å². The van der Waals surface area contributed by atoms with Gasteiger partial charge in [0.1, 0.15) is 0 Å². The molecule has 0 saturated carbocycles. The lowest BCUT2D eigenvalue weighted by atomic mass is 9.85. The molecule has 0 aliphatic carbocycles. The van der Waals surface area contributed by atoms with Crippen molar-refractivity contribution < 1.29 is 9.59 Å². The SMILES string of the molecule is Cc1nc(CCC(=O)N2CCC3(CCN(CCc4ccccc4)C3=O)C2)cs1. The van der Waals surface area contributed by atoms with Gasteiger partial charge < -0.3 is 9.80 Å². The lowest BCUT2D eigenvalue weighted by Crippen LogP contribution is -2.39. The third-order valence-corrected chi connectivity index (χ3v) is 6.90. The fourth-order valence-electron chi connectivity index (χ4n) is 4.40. The molecule has 0 radical (unpaired) electrons. The lowest BCUT2D eigenvalue weighted by Gasteiger charge is -2.23. The maximum absolute atomic E-state index is 13.1. The Balaban J connectivity index is 1.30. The van der Waals surface area contributed by atoms with Gasteiger partial charge in [0.25, 0.3) is 0 Å². The van der Waals surface area contributed by atoms with Crippen molar-refractivity contribution in [3.05, 3.63) is 52.0 Å². The first kappa shape index (κ1) is 19.1. The van der Waals surface area contributed by atoms with E-state index in [2.05, 4.69) is 17.1 Å². The molecule has 2 saturated heterocycles. The maximum atomic E-state index is 13.1. The predicted octanol–water partition coefficient (Wildman–Crippen LogP) is 3.08. The van der Waals surface area contributed by atoms with Crippen LogP contribution in [-0.4, -0.2) is 52.8 Å². The Morgan fingerprint density at radius 3 is 2.71 bits per heavy atom. The van der Waals surface area contributed by atoms with Gasteiger partial charge in [-0.2, -0.15) is 0 Å². The molecule has 0 bridgehead atoms. The second-order valence-corrected chi connectivity index (χ2v) is 9.04. The average molecular weight is 398 g/mol. The molecule has 1 aromatic heterocycles. The molecular weight excluding hydrogens is 370 g/mol. The molecular formula is C22H27N3O2S. The molecule has 28 heavy (non-hydrogen) atoms. The van der Waals surface area contributed by atoms with E-state index in [4.69, 9.17) is 0 Å². The summed E-state index contributed by atoms with van der Waals surface area (Å²) in [6.45, 7) is 4.85. The molecule has 148 valence electrons. The molecule has 2 fully saturated rings. The van der Waals surface area contributed by atoms with Crippen molar-refractivity contribution >= 4 is 23.2 Å². The van der Waals surface area contributed by atoms with E-state index >= 15 is 0 Å². The van der Waals surface area contributed by atoms with Gasteiger partial charge >= 0.3 is 0 Å². The number of hydrogen-bond donors (Lipinski definition) is 0. The molecule has 1 unspecified atom stereocenters. The molecule has 3 heterocycles. The largest absolute Gasteiger partial charge is 0.342 e. The van der Waals surface area contributed by atoms with Gasteiger partial charge in [0.15, 0.2) is 0 Å². The fraction of sp³-hybridized carbons (Fsp3) is 0.500. The number of likely N-dealkylation sites (tertiary alicyclic amines) is 2. The summed E-state index contributed by atoms with van der Waals surface area (Å²) in [6, 6.07) is 10.3. The standard InChI is InChI=1S/C22H27N3O2S/c1-17-23-19(15-28-17)7-8-20(26)25-14-11-22(16-25)10-13-24(21(22)27)12-9-18-5-3-2-4-6-18/h2-6,15H,7-14,16H2,1H3. The van der Waals surface area contributed by atoms with Crippen molar-refractivity contribution in [3.63, 3.8) is 0 Å². The van der Waals surface area contributed by atoms with Crippen molar-refractivity contribution in [1.82, 2.24) is 14.8 Å². The van der Waals surface area contributed by atoms with Crippen LogP contribution in [0.15, 0.2) is 35.7 Å². The summed E-state index contributed by atoms with van der Waals surface area (Å²) in [7, 11) is 0. The number of carbonyl (C=O) groups is 2. The van der Waals surface area contributed by atoms with Crippen molar-refractivity contribution in [2.75, 3.05) is 26.2 Å². The number of aryl methyl sites for hydroxylation is 2. The van der Waals surface area contributed by atoms with Gasteiger partial charge in [-0.1, -0.05) is 30.3 Å². The van der Waals surface area contributed by atoms with Crippen LogP contribution in [0.1, 0.15) is 35.5 Å². The van der Waals surface area contributed by atoms with E-state index in [-0.39, 0.29) is 17.2 Å². The molecule has 0 N–H and O–H groups in total. The fourth-order valence-corrected chi connectivity index (χ4v) is 5.04. The first-order valence-corrected chi connectivity index (χ1v) is 11.0. The third kappa shape index (κ3) is 3.97. The zero-order valence-corrected chi connectivity index (χ0v) is 17.2. The van der Waals surface area contributed by atoms with Gasteiger partial charge in [-0.15, -0.1) is 11.3 Å². The molecule has 5 nitrogen and oxygen atoms in total. The van der Waals surface area contributed by atoms with Crippen LogP contribution in [-0.2, 0) is 22.4 Å². The quantitative estimate of drug-likeness (QED) is 0.753. The molecule has 1 atom stereocenters. The van der Waals surface area contributed by atoms with Crippen LogP contribution in [0.5, 0.6) is 0 Å². The van der Waals surface area contributed by atoms with Crippen LogP contribution in [0, 0.1) is 12.3 Å². The van der Waals surface area contributed by atoms with Gasteiger partial charge in [0.2, 0.25) is 11.8 Å². The molecule has 2 aromatic rings. The Morgan fingerprint density at radius 1 is 1.18 bits per heavy atom. The smallest absolute Gasteiger partial charge is 0.230 e. The minimum Gasteiger partial charge on any atom is -0.342 e. The minimum absolute atomic E-state index is 0.151. The number of carbonyl (C=O) groups excluding carboxylic acids is 2. The Kier molecular flexibility index (Phi) is 5.49. The highest BCUT2D eigenvalue weighted by Gasteiger charge is 2.51. The van der Waals surface area contributed by atoms with Crippen LogP contribution in [0.25, 0.3) is 0 Å². The number of amides is 2. The first-order valence-electron chi connectivity index (χ1n) is 10.1. The second-order valence-electron chi connectivity index (χ2n) is 7.98. The number of hydrogen-bond acceptors (Lipinski definition) is 4. The van der Waals surface area contributed by atoms with Crippen molar-refractivity contribution in [2.45, 2.75) is 39.0 Å². The van der Waals surface area contributed by atoms with E-state index in [1.54, 1.807) is 11.3 Å². The van der Waals surface area contributed by atoms with Crippen molar-refractivity contribution in [3.8, 4) is 0 Å². The lowest BCUT2D eigenvalue weighted by molar-refractivity contribution is -0.136. The number of nitrogens with zero attached hydrogens (tertiary/aromatic N) is 3. The van der Waals surface area contributed by atoms with E-state index in [9.17, 15) is 9.59 Å². The summed E-state index contributed by atoms with van der Waals surface area (Å²) >= 11 is 1.62. The van der Waals surface area contributed by atoms with Crippen LogP contribution in [0.3, 0.4) is 0 Å². The third-order valence-electron chi connectivity index (χ3n) is 6.08. The maximum Gasteiger partial charge on any atom is 0.230 e. The number of thiazole rings is 1. The topological polar surface area (TPSA) is 53.5 Å². The second kappa shape index (κ2) is 8.03. The Hall–Kier alpha value is -2.21. The summed E-state index contributed by atoms with van der Waals surface area (Å²) in [5, 5.41) is 3.06. The summed E-state index contributed by atoms with van der Waals surface area (Å²) in [5.74, 6) is 0.395. The van der Waals surface area contributed by atoms with Crippen LogP contribution >= 0.6 is 11.3 Å². The number of aromatic nitrogens is 1. The van der Waals surface area contributed by atoms with E-state index in [1.165, 1.54) is 5.56 Å². The highest BCUT2D eigenvalue weighted by atomic mass is 32.1. The van der Waals surface area contributed by atoms with E-state index < -0.39 is 0 Å². The zero-order chi connectivity index (χ0) is 19.6. The molecule has 1 spiro atoms. The molecule has 6 heteroatoms. The van der Waals surface area contributed by atoms with E-state index in [1.807, 2.05) is 40.3 Å². The molecule has 1 aromatic carbocycles. The minimum atomic E-state index is -0.344. The Bertz CT molecular complexity index is 850. The van der Waals surface area contributed by atoms with E-state index in [0.29, 0.717) is 25.9 Å². The summed E-state index contributed by atoms with van der Waals surface area (Å²) < 4.78 is 0. The van der Waals surface area contributed by atoms with Gasteiger partial charge in [-0.05, 0) is 38.2 Å². The highest BCUT2D eigenvalue weighted by Crippen LogP contribution is 2.40.